The van der Waals surface area contributed by atoms with Crippen LogP contribution in [0.25, 0.3) is 0 Å². The summed E-state index contributed by atoms with van der Waals surface area (Å²) in [5.74, 6) is 0. The summed E-state index contributed by atoms with van der Waals surface area (Å²) in [4.78, 5) is 2.53. The van der Waals surface area contributed by atoms with Gasteiger partial charge in [0, 0.05) is 18.6 Å². The Bertz CT molecular complexity index is 415. The summed E-state index contributed by atoms with van der Waals surface area (Å²) in [5.41, 5.74) is 0.952. The van der Waals surface area contributed by atoms with E-state index in [-0.39, 0.29) is 0 Å². The molecule has 1 aliphatic heterocycles. The molecule has 1 saturated carbocycles. The maximum Gasteiger partial charge on any atom is 0.0789 e. The molecule has 0 radical (unpaired) electrons. The van der Waals surface area contributed by atoms with Gasteiger partial charge in [-0.25, -0.2) is 0 Å². The minimum Gasteiger partial charge on any atom is -0.388 e. The Morgan fingerprint density at radius 2 is 2.00 bits per heavy atom. The molecule has 0 bridgehead atoms. The van der Waals surface area contributed by atoms with Crippen LogP contribution in [-0.4, -0.2) is 34.2 Å². The number of nitrogens with zero attached hydrogens (tertiary/aromatic N) is 1. The molecule has 1 saturated heterocycles. The molecule has 0 amide bonds. The van der Waals surface area contributed by atoms with Gasteiger partial charge in [0.1, 0.15) is 0 Å². The molecule has 1 N–H and O–H groups in total. The maximum absolute atomic E-state index is 10.7. The lowest BCUT2D eigenvalue weighted by Gasteiger charge is -2.23. The van der Waals surface area contributed by atoms with Gasteiger partial charge in [0.25, 0.3) is 0 Å². The van der Waals surface area contributed by atoms with Crippen LogP contribution in [0.3, 0.4) is 0 Å². The molecule has 2 atom stereocenters. The fourth-order valence-electron chi connectivity index (χ4n) is 3.57. The topological polar surface area (TPSA) is 23.5 Å². The van der Waals surface area contributed by atoms with Gasteiger partial charge in [0.2, 0.25) is 0 Å². The first kappa shape index (κ1) is 13.1. The van der Waals surface area contributed by atoms with E-state index in [4.69, 9.17) is 0 Å². The first-order chi connectivity index (χ1) is 9.16. The molecule has 0 aromatic heterocycles. The van der Waals surface area contributed by atoms with E-state index in [2.05, 4.69) is 42.2 Å². The molecule has 2 fully saturated rings. The highest BCUT2D eigenvalue weighted by molar-refractivity contribution is 5.14. The summed E-state index contributed by atoms with van der Waals surface area (Å²) in [6, 6.07) is 11.9. The SMILES string of the molecule is CC1CC(O)(CCCc2ccccc2)CN1C1CC1. The first-order valence-corrected chi connectivity index (χ1v) is 7.68. The van der Waals surface area contributed by atoms with Crippen molar-refractivity contribution in [2.75, 3.05) is 6.54 Å². The second-order valence-corrected chi connectivity index (χ2v) is 6.52. The molecular formula is C17H25NO. The number of β-amino-alcohol motifs (C(OH)–C–C–N with tert-alkyl or cyclic N) is 1. The highest BCUT2D eigenvalue weighted by Gasteiger charge is 2.45. The van der Waals surface area contributed by atoms with Gasteiger partial charge in [-0.2, -0.15) is 0 Å². The Morgan fingerprint density at radius 1 is 1.26 bits per heavy atom. The van der Waals surface area contributed by atoms with Crippen molar-refractivity contribution in [3.8, 4) is 0 Å². The Balaban J connectivity index is 1.49. The standard InChI is InChI=1S/C17H25NO/c1-14-12-17(19,13-18(14)16-9-10-16)11-5-8-15-6-3-2-4-7-15/h2-4,6-7,14,16,19H,5,8-13H2,1H3. The van der Waals surface area contributed by atoms with Gasteiger partial charge in [0.15, 0.2) is 0 Å². The number of hydrogen-bond acceptors (Lipinski definition) is 2. The minimum atomic E-state index is -0.434. The van der Waals surface area contributed by atoms with Crippen LogP contribution >= 0.6 is 0 Å². The average molecular weight is 259 g/mol. The molecule has 1 aromatic carbocycles. The van der Waals surface area contributed by atoms with Crippen molar-refractivity contribution >= 4 is 0 Å². The average Bonchev–Trinajstić information content (AvgIpc) is 3.17. The minimum absolute atomic E-state index is 0.434. The van der Waals surface area contributed by atoms with Gasteiger partial charge >= 0.3 is 0 Å². The second kappa shape index (κ2) is 5.26. The normalized spacial score (nSPS) is 31.8. The number of rotatable bonds is 5. The lowest BCUT2D eigenvalue weighted by molar-refractivity contribution is 0.0378. The number of aryl methyl sites for hydroxylation is 1. The Morgan fingerprint density at radius 3 is 2.68 bits per heavy atom. The van der Waals surface area contributed by atoms with Crippen molar-refractivity contribution in [2.45, 2.75) is 63.1 Å². The Kier molecular flexibility index (Phi) is 3.64. The second-order valence-electron chi connectivity index (χ2n) is 6.52. The molecule has 2 unspecified atom stereocenters. The van der Waals surface area contributed by atoms with Crippen LogP contribution in [0.1, 0.15) is 44.6 Å². The van der Waals surface area contributed by atoms with Gasteiger partial charge in [-0.15, -0.1) is 0 Å². The summed E-state index contributed by atoms with van der Waals surface area (Å²) >= 11 is 0. The molecular weight excluding hydrogens is 234 g/mol. The van der Waals surface area contributed by atoms with Crippen LogP contribution in [0.5, 0.6) is 0 Å². The van der Waals surface area contributed by atoms with Crippen LogP contribution in [-0.2, 0) is 6.42 Å². The quantitative estimate of drug-likeness (QED) is 0.878. The molecule has 104 valence electrons. The predicted molar refractivity (Wildman–Crippen MR) is 78.1 cm³/mol. The fraction of sp³-hybridized carbons (Fsp3) is 0.647. The fourth-order valence-corrected chi connectivity index (χ4v) is 3.57. The van der Waals surface area contributed by atoms with Crippen LogP contribution in [0, 0.1) is 0 Å². The van der Waals surface area contributed by atoms with Crippen LogP contribution in [0.15, 0.2) is 30.3 Å². The van der Waals surface area contributed by atoms with E-state index in [1.54, 1.807) is 0 Å². The molecule has 1 aromatic rings. The van der Waals surface area contributed by atoms with Gasteiger partial charge in [-0.1, -0.05) is 30.3 Å². The highest BCUT2D eigenvalue weighted by atomic mass is 16.3. The number of hydrogen-bond donors (Lipinski definition) is 1. The summed E-state index contributed by atoms with van der Waals surface area (Å²) in [6.45, 7) is 3.17. The number of aliphatic hydroxyl groups is 1. The van der Waals surface area contributed by atoms with E-state index in [9.17, 15) is 5.11 Å². The Hall–Kier alpha value is -0.860. The van der Waals surface area contributed by atoms with Gasteiger partial charge < -0.3 is 5.11 Å². The first-order valence-electron chi connectivity index (χ1n) is 7.68. The third-order valence-corrected chi connectivity index (χ3v) is 4.68. The largest absolute Gasteiger partial charge is 0.388 e. The van der Waals surface area contributed by atoms with E-state index >= 15 is 0 Å². The summed E-state index contributed by atoms with van der Waals surface area (Å²) in [7, 11) is 0. The molecule has 3 rings (SSSR count). The smallest absolute Gasteiger partial charge is 0.0789 e. The van der Waals surface area contributed by atoms with Gasteiger partial charge in [0.05, 0.1) is 5.60 Å². The molecule has 1 heterocycles. The van der Waals surface area contributed by atoms with E-state index in [1.807, 2.05) is 0 Å². The molecule has 2 aliphatic rings. The lowest BCUT2D eigenvalue weighted by atomic mass is 9.93. The zero-order valence-corrected chi connectivity index (χ0v) is 11.9. The van der Waals surface area contributed by atoms with Crippen LogP contribution < -0.4 is 0 Å². The Labute approximate surface area is 116 Å². The summed E-state index contributed by atoms with van der Waals surface area (Å²) in [6.07, 6.45) is 6.75. The van der Waals surface area contributed by atoms with Crippen molar-refractivity contribution in [3.63, 3.8) is 0 Å². The van der Waals surface area contributed by atoms with Gasteiger partial charge in [-0.3, -0.25) is 4.90 Å². The van der Waals surface area contributed by atoms with Crippen molar-refractivity contribution in [3.05, 3.63) is 35.9 Å². The van der Waals surface area contributed by atoms with E-state index in [1.165, 1.54) is 18.4 Å². The van der Waals surface area contributed by atoms with E-state index in [0.29, 0.717) is 6.04 Å². The molecule has 2 heteroatoms. The molecule has 19 heavy (non-hydrogen) atoms. The van der Waals surface area contributed by atoms with Crippen molar-refractivity contribution in [1.29, 1.82) is 0 Å². The lowest BCUT2D eigenvalue weighted by Crippen LogP contribution is -2.34. The third kappa shape index (κ3) is 3.18. The molecule has 1 aliphatic carbocycles. The predicted octanol–water partition coefficient (Wildman–Crippen LogP) is 3.00. The van der Waals surface area contributed by atoms with Gasteiger partial charge in [-0.05, 0) is 51.0 Å². The van der Waals surface area contributed by atoms with Crippen molar-refractivity contribution < 1.29 is 5.11 Å². The zero-order chi connectivity index (χ0) is 13.3. The number of benzene rings is 1. The molecule has 2 nitrogen and oxygen atoms in total. The van der Waals surface area contributed by atoms with Crippen molar-refractivity contribution in [2.24, 2.45) is 0 Å². The summed E-state index contributed by atoms with van der Waals surface area (Å²) in [5, 5.41) is 10.7. The number of likely N-dealkylation sites (tertiary alicyclic amines) is 1. The third-order valence-electron chi connectivity index (χ3n) is 4.68. The van der Waals surface area contributed by atoms with Crippen molar-refractivity contribution in [1.82, 2.24) is 4.90 Å². The van der Waals surface area contributed by atoms with E-state index < -0.39 is 5.60 Å². The van der Waals surface area contributed by atoms with Crippen LogP contribution in [0.2, 0.25) is 0 Å². The monoisotopic (exact) mass is 259 g/mol. The van der Waals surface area contributed by atoms with E-state index in [0.717, 1.165) is 38.3 Å². The molecule has 0 spiro atoms. The highest BCUT2D eigenvalue weighted by Crippen LogP contribution is 2.38. The zero-order valence-electron chi connectivity index (χ0n) is 11.9. The van der Waals surface area contributed by atoms with Crippen LogP contribution in [0.4, 0.5) is 0 Å². The summed E-state index contributed by atoms with van der Waals surface area (Å²) < 4.78 is 0. The maximum atomic E-state index is 10.7.